The number of benzene rings is 2. The number of carbonyl (C=O) groups excluding carboxylic acids is 1. The van der Waals surface area contributed by atoms with Crippen molar-refractivity contribution in [2.75, 3.05) is 5.32 Å². The van der Waals surface area contributed by atoms with Crippen LogP contribution in [0.4, 0.5) is 18.9 Å². The Labute approximate surface area is 181 Å². The third-order valence-corrected chi connectivity index (χ3v) is 5.29. The maximum absolute atomic E-state index is 13.9. The highest BCUT2D eigenvalue weighted by atomic mass is 19.2. The SMILES string of the molecule is Cc1cc2c(cn1)cc(-c1cc(C(=O)Nc3cc(F)c(F)cc3F)ccc1C)c(=O)n2C. The third-order valence-electron chi connectivity index (χ3n) is 5.29. The van der Waals surface area contributed by atoms with Crippen molar-refractivity contribution < 1.29 is 18.0 Å². The first-order valence-electron chi connectivity index (χ1n) is 9.69. The maximum Gasteiger partial charge on any atom is 0.258 e. The van der Waals surface area contributed by atoms with Crippen LogP contribution in [0.5, 0.6) is 0 Å². The second-order valence-corrected chi connectivity index (χ2v) is 7.54. The maximum atomic E-state index is 13.9. The summed E-state index contributed by atoms with van der Waals surface area (Å²) in [4.78, 5) is 30.0. The van der Waals surface area contributed by atoms with Gasteiger partial charge in [0.1, 0.15) is 5.82 Å². The van der Waals surface area contributed by atoms with Crippen molar-refractivity contribution in [3.05, 3.63) is 93.3 Å². The molecule has 8 heteroatoms. The first kappa shape index (κ1) is 21.3. The molecule has 32 heavy (non-hydrogen) atoms. The van der Waals surface area contributed by atoms with Gasteiger partial charge in [0.25, 0.3) is 11.5 Å². The topological polar surface area (TPSA) is 64.0 Å². The summed E-state index contributed by atoms with van der Waals surface area (Å²) in [5, 5.41) is 3.00. The van der Waals surface area contributed by atoms with Crippen LogP contribution in [0.15, 0.2) is 53.5 Å². The smallest absolute Gasteiger partial charge is 0.258 e. The van der Waals surface area contributed by atoms with Gasteiger partial charge in [0.15, 0.2) is 11.6 Å². The van der Waals surface area contributed by atoms with E-state index in [2.05, 4.69) is 10.3 Å². The van der Waals surface area contributed by atoms with Crippen LogP contribution >= 0.6 is 0 Å². The molecule has 0 aliphatic carbocycles. The standard InChI is InChI=1S/C24H18F3N3O2/c1-12-4-5-14(23(31)29-21-10-19(26)18(25)9-20(21)27)7-16(12)17-8-15-11-28-13(2)6-22(15)30(3)24(17)32/h4-11H,1-3H3,(H,29,31). The Morgan fingerprint density at radius 1 is 0.938 bits per heavy atom. The van der Waals surface area contributed by atoms with Crippen LogP contribution in [0.2, 0.25) is 0 Å². The Balaban J connectivity index is 1.78. The molecule has 0 saturated heterocycles. The van der Waals surface area contributed by atoms with Gasteiger partial charge in [-0.2, -0.15) is 0 Å². The highest BCUT2D eigenvalue weighted by Gasteiger charge is 2.17. The molecule has 1 amide bonds. The summed E-state index contributed by atoms with van der Waals surface area (Å²) in [6, 6.07) is 9.13. The molecular formula is C24H18F3N3O2. The zero-order valence-electron chi connectivity index (χ0n) is 17.5. The van der Waals surface area contributed by atoms with Crippen molar-refractivity contribution in [1.82, 2.24) is 9.55 Å². The van der Waals surface area contributed by atoms with Crippen LogP contribution in [0.25, 0.3) is 22.0 Å². The van der Waals surface area contributed by atoms with Gasteiger partial charge in [-0.15, -0.1) is 0 Å². The van der Waals surface area contributed by atoms with E-state index >= 15 is 0 Å². The summed E-state index contributed by atoms with van der Waals surface area (Å²) in [5.74, 6) is -4.47. The van der Waals surface area contributed by atoms with Gasteiger partial charge in [0.2, 0.25) is 0 Å². The van der Waals surface area contributed by atoms with Crippen molar-refractivity contribution in [1.29, 1.82) is 0 Å². The summed E-state index contributed by atoms with van der Waals surface area (Å²) >= 11 is 0. The van der Waals surface area contributed by atoms with Gasteiger partial charge < -0.3 is 9.88 Å². The number of pyridine rings is 2. The van der Waals surface area contributed by atoms with Crippen LogP contribution in [0.3, 0.4) is 0 Å². The number of aromatic nitrogens is 2. The summed E-state index contributed by atoms with van der Waals surface area (Å²) in [5.41, 5.74) is 2.53. The van der Waals surface area contributed by atoms with Crippen molar-refractivity contribution in [2.24, 2.45) is 7.05 Å². The molecule has 1 N–H and O–H groups in total. The van der Waals surface area contributed by atoms with Crippen LogP contribution in [-0.4, -0.2) is 15.5 Å². The highest BCUT2D eigenvalue weighted by molar-refractivity contribution is 6.05. The second-order valence-electron chi connectivity index (χ2n) is 7.54. The molecule has 0 bridgehead atoms. The molecule has 5 nitrogen and oxygen atoms in total. The lowest BCUT2D eigenvalue weighted by Crippen LogP contribution is -2.20. The van der Waals surface area contributed by atoms with E-state index < -0.39 is 29.0 Å². The van der Waals surface area contributed by atoms with E-state index in [4.69, 9.17) is 0 Å². The monoisotopic (exact) mass is 437 g/mol. The number of nitrogens with one attached hydrogen (secondary N) is 1. The van der Waals surface area contributed by atoms with Gasteiger partial charge in [-0.25, -0.2) is 13.2 Å². The lowest BCUT2D eigenvalue weighted by Gasteiger charge is -2.13. The molecule has 0 spiro atoms. The fourth-order valence-corrected chi connectivity index (χ4v) is 3.52. The quantitative estimate of drug-likeness (QED) is 0.465. The second kappa shape index (κ2) is 7.96. The molecular weight excluding hydrogens is 419 g/mol. The average Bonchev–Trinajstić information content (AvgIpc) is 2.75. The molecule has 4 aromatic rings. The fraction of sp³-hybridized carbons (Fsp3) is 0.125. The van der Waals surface area contributed by atoms with E-state index in [-0.39, 0.29) is 11.1 Å². The van der Waals surface area contributed by atoms with Crippen LogP contribution in [-0.2, 0) is 7.05 Å². The predicted octanol–water partition coefficient (Wildman–Crippen LogP) is 4.89. The van der Waals surface area contributed by atoms with E-state index in [1.165, 1.54) is 16.7 Å². The zero-order valence-corrected chi connectivity index (χ0v) is 17.5. The summed E-state index contributed by atoms with van der Waals surface area (Å²) in [6.07, 6.45) is 1.67. The van der Waals surface area contributed by atoms with Crippen LogP contribution in [0.1, 0.15) is 21.6 Å². The van der Waals surface area contributed by atoms with Crippen molar-refractivity contribution in [3.63, 3.8) is 0 Å². The molecule has 0 aliphatic rings. The molecule has 0 unspecified atom stereocenters. The van der Waals surface area contributed by atoms with E-state index in [0.29, 0.717) is 23.3 Å². The lowest BCUT2D eigenvalue weighted by atomic mass is 9.97. The molecule has 162 valence electrons. The Morgan fingerprint density at radius 3 is 2.41 bits per heavy atom. The first-order chi connectivity index (χ1) is 15.2. The van der Waals surface area contributed by atoms with Crippen LogP contribution < -0.4 is 10.9 Å². The highest BCUT2D eigenvalue weighted by Crippen LogP contribution is 2.26. The predicted molar refractivity (Wildman–Crippen MR) is 116 cm³/mol. The molecule has 0 saturated carbocycles. The Kier molecular flexibility index (Phi) is 5.30. The third kappa shape index (κ3) is 3.75. The molecule has 0 aliphatic heterocycles. The lowest BCUT2D eigenvalue weighted by molar-refractivity contribution is 0.102. The normalized spacial score (nSPS) is 11.1. The number of rotatable bonds is 3. The van der Waals surface area contributed by atoms with E-state index in [0.717, 1.165) is 22.2 Å². The number of anilines is 1. The molecule has 2 aromatic heterocycles. The molecule has 4 rings (SSSR count). The zero-order chi connectivity index (χ0) is 23.2. The number of hydrogen-bond donors (Lipinski definition) is 1. The minimum Gasteiger partial charge on any atom is -0.319 e. The van der Waals surface area contributed by atoms with Crippen molar-refractivity contribution in [3.8, 4) is 11.1 Å². The number of fused-ring (bicyclic) bond motifs is 1. The number of amides is 1. The molecule has 2 aromatic carbocycles. The van der Waals surface area contributed by atoms with E-state index in [1.807, 2.05) is 13.0 Å². The molecule has 0 fully saturated rings. The van der Waals surface area contributed by atoms with Gasteiger partial charge in [-0.3, -0.25) is 14.6 Å². The minimum absolute atomic E-state index is 0.124. The average molecular weight is 437 g/mol. The number of halogens is 3. The largest absolute Gasteiger partial charge is 0.319 e. The Morgan fingerprint density at radius 2 is 1.66 bits per heavy atom. The fourth-order valence-electron chi connectivity index (χ4n) is 3.52. The van der Waals surface area contributed by atoms with Crippen molar-refractivity contribution in [2.45, 2.75) is 13.8 Å². The van der Waals surface area contributed by atoms with Crippen LogP contribution in [0, 0.1) is 31.3 Å². The molecule has 2 heterocycles. The van der Waals surface area contributed by atoms with E-state index in [9.17, 15) is 22.8 Å². The molecule has 0 radical (unpaired) electrons. The Bertz CT molecular complexity index is 1460. The molecule has 0 atom stereocenters. The summed E-state index contributed by atoms with van der Waals surface area (Å²) in [6.45, 7) is 3.63. The van der Waals surface area contributed by atoms with Gasteiger partial charge in [-0.05, 0) is 49.2 Å². The minimum atomic E-state index is -1.35. The van der Waals surface area contributed by atoms with Gasteiger partial charge >= 0.3 is 0 Å². The number of aryl methyl sites for hydroxylation is 3. The van der Waals surface area contributed by atoms with Gasteiger partial charge in [0.05, 0.1) is 11.2 Å². The summed E-state index contributed by atoms with van der Waals surface area (Å²) < 4.78 is 42.0. The Hall–Kier alpha value is -3.94. The number of carbonyl (C=O) groups is 1. The first-order valence-corrected chi connectivity index (χ1v) is 9.69. The van der Waals surface area contributed by atoms with Gasteiger partial charge in [-0.1, -0.05) is 6.07 Å². The van der Waals surface area contributed by atoms with Gasteiger partial charge in [0, 0.05) is 47.6 Å². The van der Waals surface area contributed by atoms with E-state index in [1.54, 1.807) is 32.3 Å². The summed E-state index contributed by atoms with van der Waals surface area (Å²) in [7, 11) is 1.66. The number of hydrogen-bond acceptors (Lipinski definition) is 3. The number of nitrogens with zero attached hydrogens (tertiary/aromatic N) is 2. The van der Waals surface area contributed by atoms with Crippen molar-refractivity contribution >= 4 is 22.5 Å².